The summed E-state index contributed by atoms with van der Waals surface area (Å²) in [6.45, 7) is 18.1. The summed E-state index contributed by atoms with van der Waals surface area (Å²) in [5.41, 5.74) is -3.60. The number of rotatable bonds is 9. The van der Waals surface area contributed by atoms with Gasteiger partial charge in [0.15, 0.2) is 12.6 Å². The van der Waals surface area contributed by atoms with Crippen LogP contribution in [0.25, 0.3) is 0 Å². The highest BCUT2D eigenvalue weighted by atomic mass is 16.7. The number of hydrogen-bond acceptors (Lipinski definition) is 14. The highest BCUT2D eigenvalue weighted by Gasteiger charge is 2.53. The highest BCUT2D eigenvalue weighted by molar-refractivity contribution is 5.89. The van der Waals surface area contributed by atoms with E-state index in [1.165, 1.54) is 6.92 Å². The van der Waals surface area contributed by atoms with Gasteiger partial charge in [0.25, 0.3) is 0 Å². The topological polar surface area (TPSA) is 167 Å². The van der Waals surface area contributed by atoms with Gasteiger partial charge in [0, 0.05) is 58.4 Å². The number of methoxy groups -OCH3 is 3. The Bertz CT molecular complexity index is 1230. The van der Waals surface area contributed by atoms with Crippen LogP contribution in [-0.4, -0.2) is 159 Å². The maximum Gasteiger partial charge on any atom is 0.311 e. The molecule has 14 heteroatoms. The SMILES string of the molecule is CC[C@H]1OC(=O)[C@H](C)[C@@H](O[C@H]2C[C@@](C)(OC)[C@@H](OC)[C@H](C)O2)[C@H](C)[C@@H](O[C@@H]2O[C@H](C)C[C@H](N(C)C)[C@H]2OC)[C@](C)(O)C[C@@H](C)/C(=N\C)[C@H](C)[C@@H](O)[C@]1(C)O. The monoisotopic (exact) mass is 775 g/mol. The maximum absolute atomic E-state index is 14.3. The molecule has 3 aliphatic heterocycles. The highest BCUT2D eigenvalue weighted by Crippen LogP contribution is 2.41. The first-order valence-electron chi connectivity index (χ1n) is 19.7. The number of cyclic esters (lactones) is 1. The van der Waals surface area contributed by atoms with Gasteiger partial charge < -0.3 is 58.1 Å². The smallest absolute Gasteiger partial charge is 0.311 e. The van der Waals surface area contributed by atoms with Gasteiger partial charge in [0.2, 0.25) is 0 Å². The Morgan fingerprint density at radius 1 is 0.889 bits per heavy atom. The molecular formula is C40H74N2O12. The summed E-state index contributed by atoms with van der Waals surface area (Å²) in [4.78, 5) is 21.0. The zero-order chi connectivity index (χ0) is 41.1. The van der Waals surface area contributed by atoms with Crippen LogP contribution in [0.4, 0.5) is 0 Å². The van der Waals surface area contributed by atoms with Crippen molar-refractivity contribution in [1.29, 1.82) is 0 Å². The Hall–Kier alpha value is -1.30. The summed E-state index contributed by atoms with van der Waals surface area (Å²) in [5.74, 6) is -3.31. The number of aliphatic hydroxyl groups excluding tert-OH is 1. The Morgan fingerprint density at radius 3 is 2.04 bits per heavy atom. The van der Waals surface area contributed by atoms with Crippen molar-refractivity contribution < 1.29 is 58.0 Å². The van der Waals surface area contributed by atoms with Gasteiger partial charge in [-0.1, -0.05) is 27.7 Å². The Kier molecular flexibility index (Phi) is 16.5. The lowest BCUT2D eigenvalue weighted by atomic mass is 9.73. The molecule has 0 aliphatic carbocycles. The molecule has 3 heterocycles. The molecule has 3 rings (SSSR count). The van der Waals surface area contributed by atoms with Gasteiger partial charge in [-0.2, -0.15) is 0 Å². The van der Waals surface area contributed by atoms with Crippen molar-refractivity contribution in [3.8, 4) is 0 Å². The molecule has 0 amide bonds. The van der Waals surface area contributed by atoms with E-state index >= 15 is 0 Å². The summed E-state index contributed by atoms with van der Waals surface area (Å²) < 4.78 is 50.5. The van der Waals surface area contributed by atoms with Crippen LogP contribution in [0.3, 0.4) is 0 Å². The summed E-state index contributed by atoms with van der Waals surface area (Å²) in [6, 6.07) is -0.0418. The first-order valence-corrected chi connectivity index (χ1v) is 19.7. The van der Waals surface area contributed by atoms with Crippen LogP contribution in [0.2, 0.25) is 0 Å². The third-order valence-corrected chi connectivity index (χ3v) is 12.6. The molecule has 316 valence electrons. The molecule has 3 aliphatic rings. The number of likely N-dealkylation sites (N-methyl/N-ethyl adjacent to an activating group) is 1. The Labute approximate surface area is 324 Å². The molecule has 18 atom stereocenters. The maximum atomic E-state index is 14.3. The van der Waals surface area contributed by atoms with E-state index in [-0.39, 0.29) is 43.4 Å². The van der Waals surface area contributed by atoms with Crippen molar-refractivity contribution in [3.05, 3.63) is 0 Å². The van der Waals surface area contributed by atoms with Gasteiger partial charge in [-0.05, 0) is 80.8 Å². The van der Waals surface area contributed by atoms with Gasteiger partial charge in [0.1, 0.15) is 23.9 Å². The number of hydrogen-bond donors (Lipinski definition) is 3. The predicted octanol–water partition coefficient (Wildman–Crippen LogP) is 3.60. The molecule has 14 nitrogen and oxygen atoms in total. The summed E-state index contributed by atoms with van der Waals surface area (Å²) in [6.07, 6.45) is -6.19. The Balaban J connectivity index is 2.24. The second kappa shape index (κ2) is 19.0. The molecule has 0 aromatic rings. The van der Waals surface area contributed by atoms with Crippen LogP contribution >= 0.6 is 0 Å². The minimum Gasteiger partial charge on any atom is -0.459 e. The first-order chi connectivity index (χ1) is 25.0. The van der Waals surface area contributed by atoms with E-state index in [0.717, 1.165) is 0 Å². The molecule has 3 fully saturated rings. The van der Waals surface area contributed by atoms with Crippen molar-refractivity contribution in [2.24, 2.45) is 28.7 Å². The van der Waals surface area contributed by atoms with Crippen molar-refractivity contribution >= 4 is 11.7 Å². The average Bonchev–Trinajstić information content (AvgIpc) is 3.09. The number of nitrogens with zero attached hydrogens (tertiary/aromatic N) is 2. The van der Waals surface area contributed by atoms with E-state index in [9.17, 15) is 20.1 Å². The second-order valence-electron chi connectivity index (χ2n) is 17.1. The van der Waals surface area contributed by atoms with Crippen molar-refractivity contribution in [3.63, 3.8) is 0 Å². The molecule has 0 saturated carbocycles. The summed E-state index contributed by atoms with van der Waals surface area (Å²) >= 11 is 0. The van der Waals surface area contributed by atoms with E-state index in [0.29, 0.717) is 12.1 Å². The molecule has 0 radical (unpaired) electrons. The number of carbonyl (C=O) groups excluding carboxylic acids is 1. The average molecular weight is 775 g/mol. The van der Waals surface area contributed by atoms with Crippen molar-refractivity contribution in [1.82, 2.24) is 4.90 Å². The number of carbonyl (C=O) groups is 1. The number of esters is 1. The van der Waals surface area contributed by atoms with Crippen LogP contribution < -0.4 is 0 Å². The molecule has 0 bridgehead atoms. The molecule has 0 aromatic heterocycles. The van der Waals surface area contributed by atoms with Gasteiger partial charge in [-0.3, -0.25) is 9.79 Å². The van der Waals surface area contributed by atoms with E-state index in [4.69, 9.17) is 37.9 Å². The van der Waals surface area contributed by atoms with E-state index in [1.807, 2.05) is 48.7 Å². The summed E-state index contributed by atoms with van der Waals surface area (Å²) in [5, 5.41) is 36.2. The third kappa shape index (κ3) is 10.0. The molecular weight excluding hydrogens is 700 g/mol. The van der Waals surface area contributed by atoms with Crippen LogP contribution in [-0.2, 0) is 42.7 Å². The van der Waals surface area contributed by atoms with Gasteiger partial charge in [0.05, 0.1) is 47.6 Å². The lowest BCUT2D eigenvalue weighted by Gasteiger charge is -2.50. The first kappa shape index (κ1) is 47.1. The fourth-order valence-electron chi connectivity index (χ4n) is 9.52. The van der Waals surface area contributed by atoms with E-state index in [1.54, 1.807) is 56.1 Å². The summed E-state index contributed by atoms with van der Waals surface area (Å²) in [7, 11) is 10.5. The fourth-order valence-corrected chi connectivity index (χ4v) is 9.52. The number of aliphatic imine (C=N–C) groups is 1. The lowest BCUT2D eigenvalue weighted by Crippen LogP contribution is -2.61. The van der Waals surface area contributed by atoms with Gasteiger partial charge in [-0.15, -0.1) is 0 Å². The largest absolute Gasteiger partial charge is 0.459 e. The van der Waals surface area contributed by atoms with Crippen LogP contribution in [0.1, 0.15) is 94.9 Å². The molecule has 0 unspecified atom stereocenters. The van der Waals surface area contributed by atoms with Gasteiger partial charge in [-0.25, -0.2) is 0 Å². The van der Waals surface area contributed by atoms with E-state index < -0.39 is 89.7 Å². The lowest BCUT2D eigenvalue weighted by molar-refractivity contribution is -0.320. The van der Waals surface area contributed by atoms with Crippen molar-refractivity contribution in [2.45, 2.75) is 179 Å². The molecule has 3 N–H and O–H groups in total. The molecule has 54 heavy (non-hydrogen) atoms. The second-order valence-corrected chi connectivity index (χ2v) is 17.1. The minimum atomic E-state index is -1.83. The Morgan fingerprint density at radius 2 is 1.52 bits per heavy atom. The molecule has 3 saturated heterocycles. The third-order valence-electron chi connectivity index (χ3n) is 12.6. The van der Waals surface area contributed by atoms with Crippen LogP contribution in [0, 0.1) is 23.7 Å². The number of aliphatic hydroxyl groups is 3. The predicted molar refractivity (Wildman–Crippen MR) is 204 cm³/mol. The van der Waals surface area contributed by atoms with Crippen molar-refractivity contribution in [2.75, 3.05) is 42.5 Å². The number of ether oxygens (including phenoxy) is 8. The standard InChI is InChI=1S/C40H74N2O12/c1-17-28-40(10,46)33(43)23(4)30(41-11)21(2)19-38(8,45)34(54-37-32(47-14)27(42(12)13)18-22(3)50-37)24(5)31(25(6)36(44)52-28)53-29-20-39(9,49-16)35(48-15)26(7)51-29/h21-29,31-35,37,43,45-46H,17-20H2,1-16H3/b41-30+/t21-,22-,23+,24+,25-,26+,27+,28-,29+,31+,32-,33-,34-,35+,37+,38-,39-,40-/m1/s1. The zero-order valence-electron chi connectivity index (χ0n) is 35.9. The quantitative estimate of drug-likeness (QED) is 0.291. The fraction of sp³-hybridized carbons (Fsp3) is 0.950. The van der Waals surface area contributed by atoms with E-state index in [2.05, 4.69) is 9.89 Å². The molecule has 0 spiro atoms. The van der Waals surface area contributed by atoms with Crippen LogP contribution in [0.15, 0.2) is 4.99 Å². The normalized spacial score (nSPS) is 48.4. The molecule has 0 aromatic carbocycles. The zero-order valence-corrected chi connectivity index (χ0v) is 35.9. The minimum absolute atomic E-state index is 0.0418. The van der Waals surface area contributed by atoms with Crippen LogP contribution in [0.5, 0.6) is 0 Å². The van der Waals surface area contributed by atoms with Gasteiger partial charge >= 0.3 is 5.97 Å².